The molecule has 1 heterocycles. The Bertz CT molecular complexity index is 1150. The lowest BCUT2D eigenvalue weighted by Crippen LogP contribution is -2.17. The van der Waals surface area contributed by atoms with Gasteiger partial charge in [-0.1, -0.05) is 60.7 Å². The lowest BCUT2D eigenvalue weighted by molar-refractivity contribution is 0.0952. The first kappa shape index (κ1) is 18.2. The minimum absolute atomic E-state index is 0.0953. The second-order valence-corrected chi connectivity index (χ2v) is 6.30. The third-order valence-corrected chi connectivity index (χ3v) is 4.33. The number of hydrogen-bond donors (Lipinski definition) is 2. The van der Waals surface area contributed by atoms with Gasteiger partial charge >= 0.3 is 0 Å². The summed E-state index contributed by atoms with van der Waals surface area (Å²) in [4.78, 5) is 12.2. The third-order valence-electron chi connectivity index (χ3n) is 4.33. The summed E-state index contributed by atoms with van der Waals surface area (Å²) in [6.45, 7) is 0. The molecule has 1 aromatic heterocycles. The Morgan fingerprint density at radius 3 is 2.31 bits per heavy atom. The van der Waals surface area contributed by atoms with Crippen LogP contribution in [0, 0.1) is 0 Å². The number of phenols is 1. The van der Waals surface area contributed by atoms with Gasteiger partial charge in [-0.2, -0.15) is 10.2 Å². The van der Waals surface area contributed by atoms with Crippen LogP contribution in [0.5, 0.6) is 5.75 Å². The molecule has 0 aliphatic rings. The van der Waals surface area contributed by atoms with Crippen molar-refractivity contribution in [2.45, 2.75) is 0 Å². The molecule has 0 fully saturated rings. The fourth-order valence-corrected chi connectivity index (χ4v) is 2.90. The largest absolute Gasteiger partial charge is 0.507 e. The number of nitrogens with one attached hydrogen (secondary N) is 1. The molecule has 1 amide bonds. The van der Waals surface area contributed by atoms with E-state index in [4.69, 9.17) is 5.10 Å². The smallest absolute Gasteiger partial charge is 0.275 e. The second-order valence-electron chi connectivity index (χ2n) is 6.30. The van der Waals surface area contributed by atoms with Gasteiger partial charge in [-0.25, -0.2) is 10.1 Å². The highest BCUT2D eigenvalue weighted by Gasteiger charge is 2.12. The molecule has 0 radical (unpaired) electrons. The number of aromatic hydroxyl groups is 1. The van der Waals surface area contributed by atoms with Crippen molar-refractivity contribution < 1.29 is 9.90 Å². The van der Waals surface area contributed by atoms with E-state index in [-0.39, 0.29) is 11.3 Å². The Hall–Kier alpha value is -4.19. The zero-order valence-electron chi connectivity index (χ0n) is 15.4. The number of benzene rings is 3. The molecule has 4 rings (SSSR count). The van der Waals surface area contributed by atoms with E-state index in [1.165, 1.54) is 12.1 Å². The number of para-hydroxylation sites is 2. The third kappa shape index (κ3) is 4.06. The van der Waals surface area contributed by atoms with Gasteiger partial charge in [0, 0.05) is 17.3 Å². The number of aromatic nitrogens is 2. The first-order chi connectivity index (χ1) is 14.2. The summed E-state index contributed by atoms with van der Waals surface area (Å²) in [6.07, 6.45) is 3.40. The van der Waals surface area contributed by atoms with Gasteiger partial charge in [0.05, 0.1) is 17.5 Å². The maximum absolute atomic E-state index is 12.2. The average molecular weight is 382 g/mol. The summed E-state index contributed by atoms with van der Waals surface area (Å²) < 4.78 is 1.77. The normalized spacial score (nSPS) is 10.9. The predicted molar refractivity (Wildman–Crippen MR) is 112 cm³/mol. The van der Waals surface area contributed by atoms with Gasteiger partial charge in [-0.15, -0.1) is 0 Å². The maximum Gasteiger partial charge on any atom is 0.275 e. The Morgan fingerprint density at radius 1 is 0.931 bits per heavy atom. The SMILES string of the molecule is O=C(NN=Cc1cn(-c2ccccc2)nc1-c1ccccc1)c1ccccc1O. The van der Waals surface area contributed by atoms with Gasteiger partial charge in [-0.3, -0.25) is 4.79 Å². The summed E-state index contributed by atoms with van der Waals surface area (Å²) in [5, 5.41) is 18.6. The number of nitrogens with zero attached hydrogens (tertiary/aromatic N) is 3. The summed E-state index contributed by atoms with van der Waals surface area (Å²) in [6, 6.07) is 25.8. The highest BCUT2D eigenvalue weighted by molar-refractivity contribution is 5.97. The van der Waals surface area contributed by atoms with Crippen molar-refractivity contribution in [2.75, 3.05) is 0 Å². The highest BCUT2D eigenvalue weighted by atomic mass is 16.3. The van der Waals surface area contributed by atoms with Crippen LogP contribution in [0.15, 0.2) is 96.2 Å². The van der Waals surface area contributed by atoms with Crippen molar-refractivity contribution >= 4 is 12.1 Å². The zero-order valence-corrected chi connectivity index (χ0v) is 15.4. The first-order valence-electron chi connectivity index (χ1n) is 9.04. The molecule has 2 N–H and O–H groups in total. The molecule has 0 aliphatic carbocycles. The van der Waals surface area contributed by atoms with E-state index < -0.39 is 5.91 Å². The van der Waals surface area contributed by atoms with E-state index in [9.17, 15) is 9.90 Å². The Balaban J connectivity index is 1.63. The standard InChI is InChI=1S/C23H18N4O2/c28-21-14-8-7-13-20(21)23(29)25-24-15-18-16-27(19-11-5-2-6-12-19)26-22(18)17-9-3-1-4-10-17/h1-16,28H,(H,25,29). The summed E-state index contributed by atoms with van der Waals surface area (Å²) >= 11 is 0. The first-order valence-corrected chi connectivity index (χ1v) is 9.04. The van der Waals surface area contributed by atoms with E-state index in [1.54, 1.807) is 23.0 Å². The van der Waals surface area contributed by atoms with Crippen LogP contribution in [-0.4, -0.2) is 27.0 Å². The molecule has 29 heavy (non-hydrogen) atoms. The van der Waals surface area contributed by atoms with Crippen molar-refractivity contribution in [1.29, 1.82) is 0 Å². The molecule has 6 heteroatoms. The molecule has 0 aliphatic heterocycles. The van der Waals surface area contributed by atoms with E-state index in [2.05, 4.69) is 10.5 Å². The molecule has 0 spiro atoms. The lowest BCUT2D eigenvalue weighted by atomic mass is 10.1. The number of hydrogen-bond acceptors (Lipinski definition) is 4. The predicted octanol–water partition coefficient (Wildman–Crippen LogP) is 4.01. The molecule has 3 aromatic carbocycles. The molecule has 6 nitrogen and oxygen atoms in total. The zero-order chi connectivity index (χ0) is 20.1. The van der Waals surface area contributed by atoms with Crippen LogP contribution in [0.4, 0.5) is 0 Å². The highest BCUT2D eigenvalue weighted by Crippen LogP contribution is 2.22. The molecule has 142 valence electrons. The molecule has 0 bridgehead atoms. The molecule has 0 atom stereocenters. The van der Waals surface area contributed by atoms with Crippen molar-refractivity contribution in [3.05, 3.63) is 102 Å². The minimum Gasteiger partial charge on any atom is -0.507 e. The van der Waals surface area contributed by atoms with Crippen LogP contribution in [0.1, 0.15) is 15.9 Å². The number of hydrazone groups is 1. The topological polar surface area (TPSA) is 79.5 Å². The Labute approximate surface area is 167 Å². The summed E-state index contributed by atoms with van der Waals surface area (Å²) in [5.41, 5.74) is 5.96. The van der Waals surface area contributed by atoms with E-state index in [0.717, 1.165) is 22.5 Å². The number of carbonyl (C=O) groups excluding carboxylic acids is 1. The molecule has 0 saturated carbocycles. The minimum atomic E-state index is -0.490. The number of carbonyl (C=O) groups is 1. The number of phenolic OH excluding ortho intramolecular Hbond substituents is 1. The van der Waals surface area contributed by atoms with Crippen molar-refractivity contribution in [2.24, 2.45) is 5.10 Å². The van der Waals surface area contributed by atoms with Crippen LogP contribution in [0.3, 0.4) is 0 Å². The number of amides is 1. The second kappa shape index (κ2) is 8.22. The van der Waals surface area contributed by atoms with Crippen molar-refractivity contribution in [1.82, 2.24) is 15.2 Å². The van der Waals surface area contributed by atoms with Crippen LogP contribution in [-0.2, 0) is 0 Å². The van der Waals surface area contributed by atoms with Crippen molar-refractivity contribution in [3.8, 4) is 22.7 Å². The molecular formula is C23H18N4O2. The van der Waals surface area contributed by atoms with Crippen LogP contribution in [0.2, 0.25) is 0 Å². The summed E-state index contributed by atoms with van der Waals surface area (Å²) in [5.74, 6) is -0.585. The van der Waals surface area contributed by atoms with E-state index in [0.29, 0.717) is 0 Å². The van der Waals surface area contributed by atoms with E-state index >= 15 is 0 Å². The number of rotatable bonds is 5. The Kier molecular flexibility index (Phi) is 5.16. The molecule has 0 saturated heterocycles. The van der Waals surface area contributed by atoms with Gasteiger partial charge in [0.25, 0.3) is 5.91 Å². The maximum atomic E-state index is 12.2. The van der Waals surface area contributed by atoms with Crippen LogP contribution >= 0.6 is 0 Å². The summed E-state index contributed by atoms with van der Waals surface area (Å²) in [7, 11) is 0. The van der Waals surface area contributed by atoms with Crippen LogP contribution < -0.4 is 5.43 Å². The lowest BCUT2D eigenvalue weighted by Gasteiger charge is -2.02. The van der Waals surface area contributed by atoms with Gasteiger partial charge < -0.3 is 5.11 Å². The quantitative estimate of drug-likeness (QED) is 0.404. The fourth-order valence-electron chi connectivity index (χ4n) is 2.90. The van der Waals surface area contributed by atoms with Gasteiger partial charge in [0.2, 0.25) is 0 Å². The van der Waals surface area contributed by atoms with E-state index in [1.807, 2.05) is 66.9 Å². The average Bonchev–Trinajstić information content (AvgIpc) is 3.19. The fraction of sp³-hybridized carbons (Fsp3) is 0. The Morgan fingerprint density at radius 2 is 1.59 bits per heavy atom. The van der Waals surface area contributed by atoms with Gasteiger partial charge in [0.1, 0.15) is 11.4 Å². The van der Waals surface area contributed by atoms with Gasteiger partial charge in [0.15, 0.2) is 0 Å². The molecule has 4 aromatic rings. The van der Waals surface area contributed by atoms with Crippen molar-refractivity contribution in [3.63, 3.8) is 0 Å². The van der Waals surface area contributed by atoms with Crippen LogP contribution in [0.25, 0.3) is 16.9 Å². The molecule has 0 unspecified atom stereocenters. The molecular weight excluding hydrogens is 364 g/mol. The monoisotopic (exact) mass is 382 g/mol. The van der Waals surface area contributed by atoms with Gasteiger partial charge in [-0.05, 0) is 24.3 Å².